The van der Waals surface area contributed by atoms with Crippen LogP contribution >= 0.6 is 0 Å². The zero-order valence-electron chi connectivity index (χ0n) is 6.64. The molecule has 0 radical (unpaired) electrons. The molecule has 0 spiro atoms. The molecule has 2 rings (SSSR count). The lowest BCUT2D eigenvalue weighted by Crippen LogP contribution is -2.16. The van der Waals surface area contributed by atoms with E-state index in [1.54, 1.807) is 0 Å². The summed E-state index contributed by atoms with van der Waals surface area (Å²) < 4.78 is 30.5. The van der Waals surface area contributed by atoms with E-state index in [4.69, 9.17) is 4.74 Å². The van der Waals surface area contributed by atoms with Gasteiger partial charge in [-0.25, -0.2) is 4.39 Å². The number of rotatable bonds is 0. The summed E-state index contributed by atoms with van der Waals surface area (Å²) in [6, 6.07) is 2.18. The first-order valence-electron chi connectivity index (χ1n) is 3.84. The van der Waals surface area contributed by atoms with Gasteiger partial charge in [-0.15, -0.1) is 0 Å². The number of halogens is 2. The third-order valence-corrected chi connectivity index (χ3v) is 1.93. The largest absolute Gasteiger partial charge is 0.489 e. The third-order valence-electron chi connectivity index (χ3n) is 1.93. The zero-order chi connectivity index (χ0) is 9.42. The van der Waals surface area contributed by atoms with E-state index in [1.807, 2.05) is 0 Å². The Morgan fingerprint density at radius 3 is 2.85 bits per heavy atom. The molecule has 1 aromatic rings. The van der Waals surface area contributed by atoms with E-state index in [9.17, 15) is 13.6 Å². The summed E-state index contributed by atoms with van der Waals surface area (Å²) >= 11 is 0. The van der Waals surface area contributed by atoms with Gasteiger partial charge in [-0.3, -0.25) is 4.79 Å². The molecule has 1 aromatic carbocycles. The SMILES string of the molecule is O=C1CCOc2c1ccc(F)c2F. The second kappa shape index (κ2) is 2.80. The van der Waals surface area contributed by atoms with E-state index in [0.717, 1.165) is 6.07 Å². The summed E-state index contributed by atoms with van der Waals surface area (Å²) in [5, 5.41) is 0. The van der Waals surface area contributed by atoms with Crippen molar-refractivity contribution in [3.8, 4) is 5.75 Å². The van der Waals surface area contributed by atoms with Crippen molar-refractivity contribution in [2.45, 2.75) is 6.42 Å². The molecule has 0 bridgehead atoms. The van der Waals surface area contributed by atoms with Crippen LogP contribution in [0.4, 0.5) is 8.78 Å². The van der Waals surface area contributed by atoms with Crippen LogP contribution in [0.15, 0.2) is 12.1 Å². The van der Waals surface area contributed by atoms with Gasteiger partial charge in [0.05, 0.1) is 12.2 Å². The summed E-state index contributed by atoms with van der Waals surface area (Å²) in [4.78, 5) is 11.2. The molecule has 1 aliphatic rings. The van der Waals surface area contributed by atoms with Gasteiger partial charge in [0.25, 0.3) is 0 Å². The van der Waals surface area contributed by atoms with Gasteiger partial charge < -0.3 is 4.74 Å². The Bertz CT molecular complexity index is 374. The lowest BCUT2D eigenvalue weighted by Gasteiger charge is -2.16. The Labute approximate surface area is 73.1 Å². The molecular weight excluding hydrogens is 178 g/mol. The minimum Gasteiger partial charge on any atom is -0.489 e. The van der Waals surface area contributed by atoms with Gasteiger partial charge in [0, 0.05) is 6.42 Å². The quantitative estimate of drug-likeness (QED) is 0.615. The van der Waals surface area contributed by atoms with Crippen LogP contribution in [-0.2, 0) is 0 Å². The number of ketones is 1. The molecule has 1 aliphatic heterocycles. The van der Waals surface area contributed by atoms with Crippen molar-refractivity contribution in [3.63, 3.8) is 0 Å². The second-order valence-electron chi connectivity index (χ2n) is 2.76. The van der Waals surface area contributed by atoms with E-state index < -0.39 is 11.6 Å². The van der Waals surface area contributed by atoms with Crippen LogP contribution in [0, 0.1) is 11.6 Å². The first kappa shape index (κ1) is 8.16. The predicted molar refractivity (Wildman–Crippen MR) is 40.8 cm³/mol. The average Bonchev–Trinajstić information content (AvgIpc) is 2.12. The van der Waals surface area contributed by atoms with Crippen molar-refractivity contribution in [2.75, 3.05) is 6.61 Å². The lowest BCUT2D eigenvalue weighted by atomic mass is 10.0. The number of hydrogen-bond acceptors (Lipinski definition) is 2. The monoisotopic (exact) mass is 184 g/mol. The van der Waals surface area contributed by atoms with Gasteiger partial charge in [0.2, 0.25) is 5.82 Å². The van der Waals surface area contributed by atoms with Crippen molar-refractivity contribution in [1.82, 2.24) is 0 Å². The Morgan fingerprint density at radius 2 is 2.08 bits per heavy atom. The summed E-state index contributed by atoms with van der Waals surface area (Å²) in [5.74, 6) is -2.53. The van der Waals surface area contributed by atoms with Crippen LogP contribution in [0.1, 0.15) is 16.8 Å². The number of hydrogen-bond donors (Lipinski definition) is 0. The smallest absolute Gasteiger partial charge is 0.201 e. The molecule has 4 heteroatoms. The highest BCUT2D eigenvalue weighted by atomic mass is 19.2. The molecule has 0 atom stereocenters. The number of ether oxygens (including phenoxy) is 1. The molecule has 68 valence electrons. The summed E-state index contributed by atoms with van der Waals surface area (Å²) in [7, 11) is 0. The highest BCUT2D eigenvalue weighted by Gasteiger charge is 2.23. The van der Waals surface area contributed by atoms with Crippen molar-refractivity contribution >= 4 is 5.78 Å². The summed E-state index contributed by atoms with van der Waals surface area (Å²) in [6.45, 7) is 0.117. The number of Topliss-reactive ketones (excluding diaryl/α,β-unsaturated/α-hetero) is 1. The predicted octanol–water partition coefficient (Wildman–Crippen LogP) is 1.93. The van der Waals surface area contributed by atoms with Crippen LogP contribution in [0.5, 0.6) is 5.75 Å². The fraction of sp³-hybridized carbons (Fsp3) is 0.222. The highest BCUT2D eigenvalue weighted by Crippen LogP contribution is 2.29. The van der Waals surface area contributed by atoms with Crippen LogP contribution in [0.25, 0.3) is 0 Å². The number of carbonyl (C=O) groups excluding carboxylic acids is 1. The lowest BCUT2D eigenvalue weighted by molar-refractivity contribution is 0.0928. The molecule has 0 aliphatic carbocycles. The molecular formula is C9H6F2O2. The van der Waals surface area contributed by atoms with E-state index in [1.165, 1.54) is 6.07 Å². The number of fused-ring (bicyclic) bond motifs is 1. The van der Waals surface area contributed by atoms with E-state index in [2.05, 4.69) is 0 Å². The highest BCUT2D eigenvalue weighted by molar-refractivity contribution is 5.99. The fourth-order valence-corrected chi connectivity index (χ4v) is 1.27. The first-order valence-corrected chi connectivity index (χ1v) is 3.84. The molecule has 0 unspecified atom stereocenters. The molecule has 0 saturated heterocycles. The minimum absolute atomic E-state index is 0.117. The maximum absolute atomic E-state index is 13.0. The van der Waals surface area contributed by atoms with Crippen LogP contribution in [-0.4, -0.2) is 12.4 Å². The molecule has 1 heterocycles. The molecule has 0 aromatic heterocycles. The van der Waals surface area contributed by atoms with Crippen LogP contribution in [0.2, 0.25) is 0 Å². The van der Waals surface area contributed by atoms with Crippen molar-refractivity contribution in [3.05, 3.63) is 29.3 Å². The molecule has 2 nitrogen and oxygen atoms in total. The zero-order valence-corrected chi connectivity index (χ0v) is 6.64. The maximum atomic E-state index is 13.0. The number of carbonyl (C=O) groups is 1. The normalized spacial score (nSPS) is 15.1. The molecule has 13 heavy (non-hydrogen) atoms. The summed E-state index contributed by atoms with van der Waals surface area (Å²) in [5.41, 5.74) is 0.130. The third kappa shape index (κ3) is 1.18. The summed E-state index contributed by atoms with van der Waals surface area (Å²) in [6.07, 6.45) is 0.220. The van der Waals surface area contributed by atoms with Gasteiger partial charge >= 0.3 is 0 Å². The van der Waals surface area contributed by atoms with Gasteiger partial charge in [0.1, 0.15) is 0 Å². The van der Waals surface area contributed by atoms with Crippen molar-refractivity contribution < 1.29 is 18.3 Å². The van der Waals surface area contributed by atoms with Gasteiger partial charge in [-0.05, 0) is 12.1 Å². The number of benzene rings is 1. The molecule has 0 fully saturated rings. The molecule has 0 N–H and O–H groups in total. The minimum atomic E-state index is -1.08. The van der Waals surface area contributed by atoms with Crippen molar-refractivity contribution in [2.24, 2.45) is 0 Å². The van der Waals surface area contributed by atoms with Crippen LogP contribution < -0.4 is 4.74 Å². The van der Waals surface area contributed by atoms with Gasteiger partial charge in [-0.2, -0.15) is 4.39 Å². The first-order chi connectivity index (χ1) is 6.20. The van der Waals surface area contributed by atoms with E-state index in [-0.39, 0.29) is 30.1 Å². The molecule has 0 amide bonds. The van der Waals surface area contributed by atoms with Gasteiger partial charge in [-0.1, -0.05) is 0 Å². The maximum Gasteiger partial charge on any atom is 0.201 e. The topological polar surface area (TPSA) is 26.3 Å². The van der Waals surface area contributed by atoms with Crippen LogP contribution in [0.3, 0.4) is 0 Å². The standard InChI is InChI=1S/C9H6F2O2/c10-6-2-1-5-7(12)3-4-13-9(5)8(6)11/h1-2H,3-4H2. The van der Waals surface area contributed by atoms with E-state index in [0.29, 0.717) is 0 Å². The van der Waals surface area contributed by atoms with E-state index >= 15 is 0 Å². The Hall–Kier alpha value is -1.45. The fourth-order valence-electron chi connectivity index (χ4n) is 1.27. The second-order valence-corrected chi connectivity index (χ2v) is 2.76. The Morgan fingerprint density at radius 1 is 1.31 bits per heavy atom. The average molecular weight is 184 g/mol. The molecule has 0 saturated carbocycles. The van der Waals surface area contributed by atoms with Crippen molar-refractivity contribution in [1.29, 1.82) is 0 Å². The Balaban J connectivity index is 2.63. The Kier molecular flexibility index (Phi) is 1.76. The van der Waals surface area contributed by atoms with Gasteiger partial charge in [0.15, 0.2) is 17.3 Å².